The molecule has 0 aliphatic carbocycles. The van der Waals surface area contributed by atoms with Gasteiger partial charge in [-0.2, -0.15) is 0 Å². The summed E-state index contributed by atoms with van der Waals surface area (Å²) in [5.41, 5.74) is 3.25. The molecule has 2 aromatic carbocycles. The maximum absolute atomic E-state index is 13.1. The molecule has 29 heavy (non-hydrogen) atoms. The van der Waals surface area contributed by atoms with Crippen LogP contribution in [0.3, 0.4) is 0 Å². The van der Waals surface area contributed by atoms with Crippen LogP contribution in [0.2, 0.25) is 0 Å². The van der Waals surface area contributed by atoms with Crippen LogP contribution < -0.4 is 10.9 Å². The van der Waals surface area contributed by atoms with E-state index >= 15 is 0 Å². The predicted octanol–water partition coefficient (Wildman–Crippen LogP) is 4.29. The van der Waals surface area contributed by atoms with Crippen LogP contribution in [0.4, 0.5) is 5.69 Å². The third-order valence-electron chi connectivity index (χ3n) is 4.62. The minimum Gasteiger partial charge on any atom is -0.322 e. The van der Waals surface area contributed by atoms with Crippen molar-refractivity contribution in [3.05, 3.63) is 88.8 Å². The van der Waals surface area contributed by atoms with Crippen LogP contribution in [0.15, 0.2) is 77.7 Å². The molecule has 0 aliphatic rings. The third-order valence-corrected chi connectivity index (χ3v) is 4.62. The normalized spacial score (nSPS) is 11.0. The third kappa shape index (κ3) is 3.65. The van der Waals surface area contributed by atoms with Gasteiger partial charge in [-0.3, -0.25) is 14.2 Å². The number of amides is 1. The number of nitrogens with one attached hydrogen (secondary N) is 1. The molecule has 2 aromatic heterocycles. The Morgan fingerprint density at radius 2 is 1.69 bits per heavy atom. The first kappa shape index (κ1) is 18.6. The fraction of sp³-hybridized carbons (Fsp3) is 0.130. The molecule has 0 saturated carbocycles. The van der Waals surface area contributed by atoms with Crippen molar-refractivity contribution in [2.24, 2.45) is 0 Å². The molecule has 4 aromatic rings. The number of fused-ring (bicyclic) bond motifs is 1. The zero-order valence-corrected chi connectivity index (χ0v) is 16.2. The highest BCUT2D eigenvalue weighted by atomic mass is 16.1. The average Bonchev–Trinajstić information content (AvgIpc) is 2.74. The Morgan fingerprint density at radius 1 is 0.966 bits per heavy atom. The summed E-state index contributed by atoms with van der Waals surface area (Å²) in [7, 11) is 0. The van der Waals surface area contributed by atoms with Gasteiger partial charge < -0.3 is 5.32 Å². The first-order valence-electron chi connectivity index (χ1n) is 9.38. The molecule has 0 aliphatic heterocycles. The number of rotatable bonds is 4. The van der Waals surface area contributed by atoms with E-state index in [0.717, 1.165) is 5.69 Å². The number of aromatic nitrogens is 3. The largest absolute Gasteiger partial charge is 0.322 e. The van der Waals surface area contributed by atoms with Crippen molar-refractivity contribution in [1.82, 2.24) is 14.5 Å². The predicted molar refractivity (Wildman–Crippen MR) is 114 cm³/mol. The fourth-order valence-corrected chi connectivity index (χ4v) is 3.21. The van der Waals surface area contributed by atoms with E-state index in [1.54, 1.807) is 41.1 Å². The maximum Gasteiger partial charge on any atom is 0.278 e. The Labute approximate surface area is 167 Å². The molecule has 0 saturated heterocycles. The summed E-state index contributed by atoms with van der Waals surface area (Å²) >= 11 is 0. The molecule has 6 heteroatoms. The van der Waals surface area contributed by atoms with Crippen LogP contribution in [0, 0.1) is 0 Å². The highest BCUT2D eigenvalue weighted by molar-refractivity contribution is 6.04. The van der Waals surface area contributed by atoms with Gasteiger partial charge in [0.1, 0.15) is 11.2 Å². The lowest BCUT2D eigenvalue weighted by atomic mass is 10.1. The molecule has 1 amide bonds. The molecule has 0 spiro atoms. The van der Waals surface area contributed by atoms with Gasteiger partial charge in [0, 0.05) is 29.1 Å². The van der Waals surface area contributed by atoms with Gasteiger partial charge in [0.15, 0.2) is 5.65 Å². The smallest absolute Gasteiger partial charge is 0.278 e. The van der Waals surface area contributed by atoms with Gasteiger partial charge in [-0.15, -0.1) is 0 Å². The van der Waals surface area contributed by atoms with E-state index in [-0.39, 0.29) is 17.5 Å². The fourth-order valence-electron chi connectivity index (χ4n) is 3.21. The molecule has 0 unspecified atom stereocenters. The van der Waals surface area contributed by atoms with E-state index in [0.29, 0.717) is 28.0 Å². The molecule has 0 fully saturated rings. The van der Waals surface area contributed by atoms with E-state index < -0.39 is 0 Å². The Bertz CT molecular complexity index is 1230. The second-order valence-corrected chi connectivity index (χ2v) is 6.97. The summed E-state index contributed by atoms with van der Waals surface area (Å²) in [5.74, 6) is -0.210. The van der Waals surface area contributed by atoms with Crippen molar-refractivity contribution in [3.63, 3.8) is 0 Å². The number of para-hydroxylation sites is 1. The van der Waals surface area contributed by atoms with Crippen molar-refractivity contribution in [2.45, 2.75) is 19.9 Å². The molecule has 0 atom stereocenters. The molecule has 0 bridgehead atoms. The van der Waals surface area contributed by atoms with Gasteiger partial charge in [-0.1, -0.05) is 30.3 Å². The maximum atomic E-state index is 13.1. The summed E-state index contributed by atoms with van der Waals surface area (Å²) in [6.45, 7) is 3.88. The van der Waals surface area contributed by atoms with Crippen molar-refractivity contribution in [2.75, 3.05) is 5.32 Å². The van der Waals surface area contributed by atoms with E-state index in [4.69, 9.17) is 0 Å². The van der Waals surface area contributed by atoms with Crippen molar-refractivity contribution >= 4 is 22.8 Å². The van der Waals surface area contributed by atoms with Crippen LogP contribution in [-0.4, -0.2) is 20.4 Å². The number of carbonyl (C=O) groups excluding carboxylic acids is 1. The van der Waals surface area contributed by atoms with Gasteiger partial charge in [-0.25, -0.2) is 9.97 Å². The Hall–Kier alpha value is -3.80. The molecule has 2 heterocycles. The van der Waals surface area contributed by atoms with Crippen molar-refractivity contribution in [3.8, 4) is 11.3 Å². The summed E-state index contributed by atoms with van der Waals surface area (Å²) in [6.07, 6.45) is 1.65. The van der Waals surface area contributed by atoms with E-state index in [1.165, 1.54) is 0 Å². The number of benzene rings is 2. The number of hydrogen-bond acceptors (Lipinski definition) is 4. The van der Waals surface area contributed by atoms with Crippen LogP contribution >= 0.6 is 0 Å². The van der Waals surface area contributed by atoms with E-state index in [9.17, 15) is 9.59 Å². The van der Waals surface area contributed by atoms with Gasteiger partial charge >= 0.3 is 0 Å². The van der Waals surface area contributed by atoms with Gasteiger partial charge in [0.25, 0.3) is 11.5 Å². The zero-order chi connectivity index (χ0) is 20.4. The standard InChI is InChI=1S/C23H20N4O2/c1-15(2)27-21-19(9-6-14-24-21)26-20(23(27)29)16-10-12-17(13-11-16)22(28)25-18-7-4-3-5-8-18/h3-15H,1-2H3,(H,25,28). The summed E-state index contributed by atoms with van der Waals surface area (Å²) < 4.78 is 1.65. The first-order valence-corrected chi connectivity index (χ1v) is 9.38. The highest BCUT2D eigenvalue weighted by Crippen LogP contribution is 2.20. The van der Waals surface area contributed by atoms with Crippen LogP contribution in [0.5, 0.6) is 0 Å². The van der Waals surface area contributed by atoms with Crippen molar-refractivity contribution in [1.29, 1.82) is 0 Å². The highest BCUT2D eigenvalue weighted by Gasteiger charge is 2.16. The molecule has 1 N–H and O–H groups in total. The SMILES string of the molecule is CC(C)n1c(=O)c(-c2ccc(C(=O)Nc3ccccc3)cc2)nc2cccnc21. The Balaban J connectivity index is 1.71. The molecule has 0 radical (unpaired) electrons. The quantitative estimate of drug-likeness (QED) is 0.569. The topological polar surface area (TPSA) is 76.9 Å². The number of hydrogen-bond donors (Lipinski definition) is 1. The lowest BCUT2D eigenvalue weighted by Crippen LogP contribution is -2.25. The Morgan fingerprint density at radius 3 is 2.38 bits per heavy atom. The van der Waals surface area contributed by atoms with E-state index in [2.05, 4.69) is 15.3 Å². The number of nitrogens with zero attached hydrogens (tertiary/aromatic N) is 3. The number of carbonyl (C=O) groups is 1. The minimum atomic E-state index is -0.210. The number of pyridine rings is 1. The van der Waals surface area contributed by atoms with Crippen LogP contribution in [-0.2, 0) is 0 Å². The van der Waals surface area contributed by atoms with Crippen LogP contribution in [0.25, 0.3) is 22.4 Å². The zero-order valence-electron chi connectivity index (χ0n) is 16.2. The Kier molecular flexibility index (Phi) is 4.91. The molecular formula is C23H20N4O2. The molecule has 6 nitrogen and oxygen atoms in total. The van der Waals surface area contributed by atoms with Gasteiger partial charge in [-0.05, 0) is 50.2 Å². The van der Waals surface area contributed by atoms with E-state index in [1.807, 2.05) is 50.2 Å². The van der Waals surface area contributed by atoms with Crippen LogP contribution in [0.1, 0.15) is 30.2 Å². The summed E-state index contributed by atoms with van der Waals surface area (Å²) in [4.78, 5) is 34.4. The summed E-state index contributed by atoms with van der Waals surface area (Å²) in [6, 6.07) is 19.7. The summed E-state index contributed by atoms with van der Waals surface area (Å²) in [5, 5.41) is 2.85. The molecule has 144 valence electrons. The molecule has 4 rings (SSSR count). The lowest BCUT2D eigenvalue weighted by Gasteiger charge is -2.14. The average molecular weight is 384 g/mol. The monoisotopic (exact) mass is 384 g/mol. The number of anilines is 1. The second kappa shape index (κ2) is 7.67. The lowest BCUT2D eigenvalue weighted by molar-refractivity contribution is 0.102. The minimum absolute atomic E-state index is 0.0578. The van der Waals surface area contributed by atoms with Gasteiger partial charge in [0.05, 0.1) is 0 Å². The van der Waals surface area contributed by atoms with Gasteiger partial charge in [0.2, 0.25) is 0 Å². The van der Waals surface area contributed by atoms with Crippen molar-refractivity contribution < 1.29 is 4.79 Å². The first-order chi connectivity index (χ1) is 14.0. The molecular weight excluding hydrogens is 364 g/mol. The second-order valence-electron chi connectivity index (χ2n) is 6.97.